The van der Waals surface area contributed by atoms with Gasteiger partial charge in [-0.3, -0.25) is 4.79 Å². The van der Waals surface area contributed by atoms with Crippen LogP contribution in [0.4, 0.5) is 0 Å². The van der Waals surface area contributed by atoms with Gasteiger partial charge in [-0.2, -0.15) is 0 Å². The van der Waals surface area contributed by atoms with Crippen LogP contribution in [0.1, 0.15) is 36.8 Å². The van der Waals surface area contributed by atoms with Crippen molar-refractivity contribution < 1.29 is 13.2 Å². The van der Waals surface area contributed by atoms with Gasteiger partial charge in [-0.1, -0.05) is 48.7 Å². The monoisotopic (exact) mass is 406 g/mol. The van der Waals surface area contributed by atoms with Crippen molar-refractivity contribution in [3.63, 3.8) is 0 Å². The quantitative estimate of drug-likeness (QED) is 0.772. The van der Waals surface area contributed by atoms with Crippen LogP contribution in [0.25, 0.3) is 0 Å². The lowest BCUT2D eigenvalue weighted by Crippen LogP contribution is -2.43. The summed E-state index contributed by atoms with van der Waals surface area (Å²) in [5.74, 6) is 0.0449. The molecule has 5 nitrogen and oxygen atoms in total. The fraction of sp³-hybridized carbons (Fsp3) is 0.350. The molecule has 0 saturated heterocycles. The number of halogens is 1. The average Bonchev–Trinajstić information content (AvgIpc) is 3.13. The van der Waals surface area contributed by atoms with E-state index in [1.165, 1.54) is 12.1 Å². The Labute approximate surface area is 165 Å². The predicted molar refractivity (Wildman–Crippen MR) is 106 cm³/mol. The van der Waals surface area contributed by atoms with Gasteiger partial charge >= 0.3 is 0 Å². The fourth-order valence-corrected chi connectivity index (χ4v) is 4.37. The third-order valence-electron chi connectivity index (χ3n) is 5.24. The summed E-state index contributed by atoms with van der Waals surface area (Å²) in [7, 11) is -3.69. The average molecular weight is 407 g/mol. The molecule has 7 heteroatoms. The molecule has 144 valence electrons. The second-order valence-electron chi connectivity index (χ2n) is 6.99. The lowest BCUT2D eigenvalue weighted by Gasteiger charge is -2.28. The van der Waals surface area contributed by atoms with Crippen LogP contribution in [-0.2, 0) is 26.7 Å². The number of primary sulfonamides is 1. The Kier molecular flexibility index (Phi) is 5.89. The molecule has 2 aromatic carbocycles. The van der Waals surface area contributed by atoms with Crippen molar-refractivity contribution in [3.8, 4) is 0 Å². The summed E-state index contributed by atoms with van der Waals surface area (Å²) in [5.41, 5.74) is 1.47. The zero-order valence-corrected chi connectivity index (χ0v) is 16.5. The second kappa shape index (κ2) is 8.00. The number of carbonyl (C=O) groups is 1. The minimum absolute atomic E-state index is 0.0449. The van der Waals surface area contributed by atoms with Crippen LogP contribution in [0.15, 0.2) is 53.4 Å². The Morgan fingerprint density at radius 3 is 2.19 bits per heavy atom. The maximum atomic E-state index is 13.0. The van der Waals surface area contributed by atoms with E-state index in [1.54, 1.807) is 12.1 Å². The van der Waals surface area contributed by atoms with Crippen molar-refractivity contribution in [1.82, 2.24) is 5.32 Å². The van der Waals surface area contributed by atoms with Crippen LogP contribution in [0.3, 0.4) is 0 Å². The Morgan fingerprint density at radius 2 is 1.63 bits per heavy atom. The molecule has 2 aromatic rings. The van der Waals surface area contributed by atoms with Crippen LogP contribution in [0.5, 0.6) is 0 Å². The molecule has 1 aliphatic carbocycles. The molecule has 0 heterocycles. The van der Waals surface area contributed by atoms with Crippen LogP contribution in [0.2, 0.25) is 5.02 Å². The minimum atomic E-state index is -3.69. The lowest BCUT2D eigenvalue weighted by molar-refractivity contribution is -0.126. The van der Waals surface area contributed by atoms with Gasteiger partial charge in [-0.15, -0.1) is 0 Å². The minimum Gasteiger partial charge on any atom is -0.355 e. The summed E-state index contributed by atoms with van der Waals surface area (Å²) in [4.78, 5) is 13.1. The Balaban J connectivity index is 1.64. The first-order valence-electron chi connectivity index (χ1n) is 8.97. The molecule has 0 unspecified atom stereocenters. The first-order chi connectivity index (χ1) is 12.8. The van der Waals surface area contributed by atoms with Crippen molar-refractivity contribution in [1.29, 1.82) is 0 Å². The summed E-state index contributed by atoms with van der Waals surface area (Å²) in [6, 6.07) is 14.0. The number of benzene rings is 2. The van der Waals surface area contributed by atoms with E-state index in [0.717, 1.165) is 36.8 Å². The molecule has 0 atom stereocenters. The first kappa shape index (κ1) is 19.9. The highest BCUT2D eigenvalue weighted by atomic mass is 35.5. The zero-order chi connectivity index (χ0) is 19.5. The molecule has 1 fully saturated rings. The summed E-state index contributed by atoms with van der Waals surface area (Å²) < 4.78 is 22.6. The van der Waals surface area contributed by atoms with Gasteiger partial charge in [0.15, 0.2) is 0 Å². The summed E-state index contributed by atoms with van der Waals surface area (Å²) in [5, 5.41) is 8.82. The van der Waals surface area contributed by atoms with E-state index in [1.807, 2.05) is 24.3 Å². The van der Waals surface area contributed by atoms with Gasteiger partial charge in [0.2, 0.25) is 15.9 Å². The number of hydrogen-bond acceptors (Lipinski definition) is 3. The highest BCUT2D eigenvalue weighted by Gasteiger charge is 2.42. The van der Waals surface area contributed by atoms with Gasteiger partial charge in [0.05, 0.1) is 10.3 Å². The largest absolute Gasteiger partial charge is 0.355 e. The van der Waals surface area contributed by atoms with E-state index in [9.17, 15) is 13.2 Å². The number of nitrogens with one attached hydrogen (secondary N) is 1. The molecule has 0 bridgehead atoms. The van der Waals surface area contributed by atoms with E-state index in [2.05, 4.69) is 5.32 Å². The van der Waals surface area contributed by atoms with E-state index in [-0.39, 0.29) is 10.8 Å². The lowest BCUT2D eigenvalue weighted by atomic mass is 9.78. The van der Waals surface area contributed by atoms with Crippen LogP contribution < -0.4 is 10.5 Å². The number of hydrogen-bond donors (Lipinski definition) is 2. The predicted octanol–water partition coefficient (Wildman–Crippen LogP) is 3.16. The van der Waals surface area contributed by atoms with Crippen molar-refractivity contribution in [3.05, 3.63) is 64.7 Å². The molecule has 1 aliphatic rings. The highest BCUT2D eigenvalue weighted by molar-refractivity contribution is 7.89. The molecular formula is C20H23ClN2O3S. The molecule has 3 rings (SSSR count). The summed E-state index contributed by atoms with van der Waals surface area (Å²) in [6.45, 7) is 0.489. The Hall–Kier alpha value is -1.89. The third-order valence-corrected chi connectivity index (χ3v) is 6.42. The van der Waals surface area contributed by atoms with Gasteiger partial charge < -0.3 is 5.32 Å². The molecule has 27 heavy (non-hydrogen) atoms. The maximum Gasteiger partial charge on any atom is 0.238 e. The SMILES string of the molecule is NS(=O)(=O)c1ccc(CCNC(=O)C2(c3ccc(Cl)cc3)CCCC2)cc1. The van der Waals surface area contributed by atoms with Crippen molar-refractivity contribution >= 4 is 27.5 Å². The van der Waals surface area contributed by atoms with Crippen LogP contribution in [-0.4, -0.2) is 20.9 Å². The zero-order valence-electron chi connectivity index (χ0n) is 14.9. The maximum absolute atomic E-state index is 13.0. The second-order valence-corrected chi connectivity index (χ2v) is 8.99. The van der Waals surface area contributed by atoms with Gasteiger partial charge in [0, 0.05) is 11.6 Å². The summed E-state index contributed by atoms with van der Waals surface area (Å²) in [6.07, 6.45) is 4.36. The number of rotatable bonds is 6. The normalized spacial score (nSPS) is 16.2. The molecular weight excluding hydrogens is 384 g/mol. The molecule has 0 aliphatic heterocycles. The number of amides is 1. The topological polar surface area (TPSA) is 89.3 Å². The third kappa shape index (κ3) is 4.51. The standard InChI is InChI=1S/C20H23ClN2O3S/c21-17-7-5-16(6-8-17)20(12-1-2-13-20)19(24)23-14-11-15-3-9-18(10-4-15)27(22,25)26/h3-10H,1-2,11-14H2,(H,23,24)(H2,22,25,26). The molecule has 1 saturated carbocycles. The molecule has 3 N–H and O–H groups in total. The molecule has 0 spiro atoms. The first-order valence-corrected chi connectivity index (χ1v) is 10.9. The molecule has 1 amide bonds. The van der Waals surface area contributed by atoms with Gasteiger partial charge in [-0.05, 0) is 54.7 Å². The fourth-order valence-electron chi connectivity index (χ4n) is 3.73. The Bertz CT molecular complexity index is 903. The van der Waals surface area contributed by atoms with Gasteiger partial charge in [-0.25, -0.2) is 13.6 Å². The van der Waals surface area contributed by atoms with Crippen molar-refractivity contribution in [2.75, 3.05) is 6.54 Å². The van der Waals surface area contributed by atoms with Gasteiger partial charge in [0.1, 0.15) is 0 Å². The number of carbonyl (C=O) groups excluding carboxylic acids is 1. The summed E-state index contributed by atoms with van der Waals surface area (Å²) >= 11 is 5.99. The van der Waals surface area contributed by atoms with Gasteiger partial charge in [0.25, 0.3) is 0 Å². The van der Waals surface area contributed by atoms with Crippen molar-refractivity contribution in [2.45, 2.75) is 42.4 Å². The highest BCUT2D eigenvalue weighted by Crippen LogP contribution is 2.41. The smallest absolute Gasteiger partial charge is 0.238 e. The van der Waals surface area contributed by atoms with E-state index >= 15 is 0 Å². The number of sulfonamides is 1. The van der Waals surface area contributed by atoms with E-state index in [0.29, 0.717) is 18.0 Å². The molecule has 0 aromatic heterocycles. The molecule has 0 radical (unpaired) electrons. The Morgan fingerprint density at radius 1 is 1.04 bits per heavy atom. The van der Waals surface area contributed by atoms with Crippen LogP contribution in [0, 0.1) is 0 Å². The van der Waals surface area contributed by atoms with Crippen LogP contribution >= 0.6 is 11.6 Å². The number of nitrogens with two attached hydrogens (primary N) is 1. The van der Waals surface area contributed by atoms with E-state index in [4.69, 9.17) is 16.7 Å². The van der Waals surface area contributed by atoms with E-state index < -0.39 is 15.4 Å². The van der Waals surface area contributed by atoms with Crippen molar-refractivity contribution in [2.24, 2.45) is 5.14 Å².